The average Bonchev–Trinajstić information content (AvgIpc) is 2.79. The highest BCUT2D eigenvalue weighted by molar-refractivity contribution is 5.94. The van der Waals surface area contributed by atoms with Gasteiger partial charge in [0.15, 0.2) is 0 Å². The number of piperidine rings is 2. The van der Waals surface area contributed by atoms with E-state index in [2.05, 4.69) is 32.1 Å². The predicted molar refractivity (Wildman–Crippen MR) is 115 cm³/mol. The van der Waals surface area contributed by atoms with E-state index in [4.69, 9.17) is 4.74 Å². The molecule has 0 atom stereocenters. The van der Waals surface area contributed by atoms with Crippen LogP contribution in [0.1, 0.15) is 41.7 Å². The van der Waals surface area contributed by atoms with Crippen molar-refractivity contribution in [2.24, 2.45) is 0 Å². The van der Waals surface area contributed by atoms with Crippen LogP contribution < -0.4 is 10.1 Å². The first kappa shape index (κ1) is 20.8. The topological polar surface area (TPSA) is 70.6 Å². The second-order valence-corrected chi connectivity index (χ2v) is 8.30. The minimum Gasteiger partial charge on any atom is -0.490 e. The van der Waals surface area contributed by atoms with Crippen LogP contribution in [-0.4, -0.2) is 71.0 Å². The fraction of sp³-hybridized carbons (Fsp3) is 0.522. The molecule has 7 nitrogen and oxygen atoms in total. The molecule has 0 aliphatic carbocycles. The lowest BCUT2D eigenvalue weighted by Gasteiger charge is -2.41. The molecular weight excluding hydrogens is 378 g/mol. The SMILES string of the molecule is CN1CCC(N2CCC(Oc3cccc(C(=O)NCc4ccncn4)c3)CC2)CC1. The summed E-state index contributed by atoms with van der Waals surface area (Å²) >= 11 is 0. The van der Waals surface area contributed by atoms with Gasteiger partial charge in [0.1, 0.15) is 18.2 Å². The minimum atomic E-state index is -0.129. The highest BCUT2D eigenvalue weighted by atomic mass is 16.5. The second kappa shape index (κ2) is 10.00. The third kappa shape index (κ3) is 5.55. The first-order chi connectivity index (χ1) is 14.7. The maximum absolute atomic E-state index is 12.5. The van der Waals surface area contributed by atoms with Gasteiger partial charge in [-0.15, -0.1) is 0 Å². The van der Waals surface area contributed by atoms with E-state index >= 15 is 0 Å². The Hall–Kier alpha value is -2.51. The molecule has 2 aliphatic heterocycles. The molecular formula is C23H31N5O2. The van der Waals surface area contributed by atoms with Gasteiger partial charge in [0.25, 0.3) is 5.91 Å². The van der Waals surface area contributed by atoms with E-state index in [-0.39, 0.29) is 12.0 Å². The zero-order chi connectivity index (χ0) is 20.8. The maximum atomic E-state index is 12.5. The van der Waals surface area contributed by atoms with Crippen molar-refractivity contribution in [2.45, 2.75) is 44.4 Å². The summed E-state index contributed by atoms with van der Waals surface area (Å²) in [6.45, 7) is 4.97. The highest BCUT2D eigenvalue weighted by Gasteiger charge is 2.28. The molecule has 2 aromatic rings. The number of nitrogens with zero attached hydrogens (tertiary/aromatic N) is 4. The Morgan fingerprint density at radius 1 is 1.13 bits per heavy atom. The average molecular weight is 410 g/mol. The lowest BCUT2D eigenvalue weighted by Crippen LogP contribution is -2.48. The number of hydrogen-bond acceptors (Lipinski definition) is 6. The number of likely N-dealkylation sites (tertiary alicyclic amines) is 2. The molecule has 0 unspecified atom stereocenters. The van der Waals surface area contributed by atoms with Crippen LogP contribution in [-0.2, 0) is 6.54 Å². The normalized spacial score (nSPS) is 19.5. The van der Waals surface area contributed by atoms with Gasteiger partial charge in [-0.25, -0.2) is 9.97 Å². The first-order valence-corrected chi connectivity index (χ1v) is 10.9. The molecule has 160 valence electrons. The highest BCUT2D eigenvalue weighted by Crippen LogP contribution is 2.24. The van der Waals surface area contributed by atoms with E-state index < -0.39 is 0 Å². The van der Waals surface area contributed by atoms with Gasteiger partial charge in [-0.05, 0) is 70.1 Å². The molecule has 1 N–H and O–H groups in total. The summed E-state index contributed by atoms with van der Waals surface area (Å²) in [6.07, 6.45) is 7.98. The maximum Gasteiger partial charge on any atom is 0.251 e. The molecule has 0 saturated carbocycles. The third-order valence-electron chi connectivity index (χ3n) is 6.15. The molecule has 0 radical (unpaired) electrons. The van der Waals surface area contributed by atoms with Crippen LogP contribution in [0.3, 0.4) is 0 Å². The largest absolute Gasteiger partial charge is 0.490 e. The van der Waals surface area contributed by atoms with Crippen LogP contribution >= 0.6 is 0 Å². The molecule has 0 spiro atoms. The Morgan fingerprint density at radius 2 is 1.93 bits per heavy atom. The number of carbonyl (C=O) groups is 1. The molecule has 1 amide bonds. The van der Waals surface area contributed by atoms with Crippen molar-refractivity contribution < 1.29 is 9.53 Å². The van der Waals surface area contributed by atoms with E-state index in [9.17, 15) is 4.79 Å². The summed E-state index contributed by atoms with van der Waals surface area (Å²) in [4.78, 5) is 25.6. The number of carbonyl (C=O) groups excluding carboxylic acids is 1. The Balaban J connectivity index is 1.26. The Labute approximate surface area is 178 Å². The van der Waals surface area contributed by atoms with Crippen LogP contribution in [0, 0.1) is 0 Å². The molecule has 1 aromatic heterocycles. The molecule has 7 heteroatoms. The van der Waals surface area contributed by atoms with E-state index in [1.165, 1.54) is 32.3 Å². The quantitative estimate of drug-likeness (QED) is 0.790. The number of aromatic nitrogens is 2. The van der Waals surface area contributed by atoms with Gasteiger partial charge in [0.2, 0.25) is 0 Å². The van der Waals surface area contributed by atoms with Crippen molar-refractivity contribution in [3.63, 3.8) is 0 Å². The van der Waals surface area contributed by atoms with Gasteiger partial charge >= 0.3 is 0 Å². The summed E-state index contributed by atoms with van der Waals surface area (Å²) in [5.74, 6) is 0.638. The fourth-order valence-electron chi connectivity index (χ4n) is 4.32. The summed E-state index contributed by atoms with van der Waals surface area (Å²) in [6, 6.07) is 9.97. The molecule has 2 fully saturated rings. The summed E-state index contributed by atoms with van der Waals surface area (Å²) in [5.41, 5.74) is 1.38. The predicted octanol–water partition coefficient (Wildman–Crippen LogP) is 2.34. The lowest BCUT2D eigenvalue weighted by atomic mass is 9.99. The molecule has 2 saturated heterocycles. The van der Waals surface area contributed by atoms with E-state index in [0.29, 0.717) is 12.1 Å². The Bertz CT molecular complexity index is 815. The molecule has 30 heavy (non-hydrogen) atoms. The number of benzene rings is 1. The molecule has 1 aromatic carbocycles. The molecule has 3 heterocycles. The van der Waals surface area contributed by atoms with Crippen molar-refractivity contribution in [2.75, 3.05) is 33.2 Å². The lowest BCUT2D eigenvalue weighted by molar-refractivity contribution is 0.0525. The van der Waals surface area contributed by atoms with Gasteiger partial charge in [-0.2, -0.15) is 0 Å². The van der Waals surface area contributed by atoms with Gasteiger partial charge in [-0.1, -0.05) is 6.07 Å². The molecule has 4 rings (SSSR count). The van der Waals surface area contributed by atoms with Crippen molar-refractivity contribution in [1.82, 2.24) is 25.1 Å². The summed E-state index contributed by atoms with van der Waals surface area (Å²) < 4.78 is 6.23. The summed E-state index contributed by atoms with van der Waals surface area (Å²) in [5, 5.41) is 2.90. The zero-order valence-electron chi connectivity index (χ0n) is 17.7. The smallest absolute Gasteiger partial charge is 0.251 e. The molecule has 0 bridgehead atoms. The van der Waals surface area contributed by atoms with Gasteiger partial charge in [-0.3, -0.25) is 4.79 Å². The van der Waals surface area contributed by atoms with E-state index in [0.717, 1.165) is 43.4 Å². The minimum absolute atomic E-state index is 0.129. The number of rotatable bonds is 6. The monoisotopic (exact) mass is 409 g/mol. The van der Waals surface area contributed by atoms with Gasteiger partial charge in [0, 0.05) is 30.9 Å². The van der Waals surface area contributed by atoms with Crippen LogP contribution in [0.4, 0.5) is 0 Å². The van der Waals surface area contributed by atoms with E-state index in [1.807, 2.05) is 24.3 Å². The van der Waals surface area contributed by atoms with Crippen LogP contribution in [0.25, 0.3) is 0 Å². The summed E-state index contributed by atoms with van der Waals surface area (Å²) in [7, 11) is 2.21. The van der Waals surface area contributed by atoms with Crippen molar-refractivity contribution in [3.8, 4) is 5.75 Å². The van der Waals surface area contributed by atoms with Gasteiger partial charge < -0.3 is 19.9 Å². The first-order valence-electron chi connectivity index (χ1n) is 10.9. The number of ether oxygens (including phenoxy) is 1. The molecule has 2 aliphatic rings. The number of amides is 1. The van der Waals surface area contributed by atoms with Crippen molar-refractivity contribution in [3.05, 3.63) is 54.1 Å². The Kier molecular flexibility index (Phi) is 6.92. The van der Waals surface area contributed by atoms with Crippen LogP contribution in [0.5, 0.6) is 5.75 Å². The van der Waals surface area contributed by atoms with Crippen molar-refractivity contribution >= 4 is 5.91 Å². The zero-order valence-corrected chi connectivity index (χ0v) is 17.7. The second-order valence-electron chi connectivity index (χ2n) is 8.30. The third-order valence-corrected chi connectivity index (χ3v) is 6.15. The van der Waals surface area contributed by atoms with Gasteiger partial charge in [0.05, 0.1) is 12.2 Å². The Morgan fingerprint density at radius 3 is 2.67 bits per heavy atom. The standard InChI is InChI=1S/C23H31N5O2/c1-27-11-6-20(7-12-27)28-13-8-21(9-14-28)30-22-4-2-3-18(15-22)23(29)25-16-19-5-10-24-17-26-19/h2-5,10,15,17,20-21H,6-9,11-14,16H2,1H3,(H,25,29). The fourth-order valence-corrected chi connectivity index (χ4v) is 4.32. The van der Waals surface area contributed by atoms with Crippen molar-refractivity contribution in [1.29, 1.82) is 0 Å². The van der Waals surface area contributed by atoms with Crippen LogP contribution in [0.15, 0.2) is 42.9 Å². The van der Waals surface area contributed by atoms with Crippen LogP contribution in [0.2, 0.25) is 0 Å². The number of hydrogen-bond donors (Lipinski definition) is 1. The van der Waals surface area contributed by atoms with E-state index in [1.54, 1.807) is 12.3 Å². The number of nitrogens with one attached hydrogen (secondary N) is 1.